The molecule has 0 unspecified atom stereocenters. The maximum atomic E-state index is 8.85. The van der Waals surface area contributed by atoms with E-state index in [1.165, 1.54) is 0 Å². The number of benzene rings is 1. The summed E-state index contributed by atoms with van der Waals surface area (Å²) in [5.41, 5.74) is 6.27. The molecule has 0 aromatic heterocycles. The predicted octanol–water partition coefficient (Wildman–Crippen LogP) is -0.978. The van der Waals surface area contributed by atoms with E-state index < -0.39 is 7.12 Å². The molecule has 1 aromatic rings. The van der Waals surface area contributed by atoms with Crippen LogP contribution in [0.2, 0.25) is 0 Å². The lowest BCUT2D eigenvalue weighted by Gasteiger charge is -2.05. The zero-order valence-electron chi connectivity index (χ0n) is 6.77. The molecule has 0 saturated heterocycles. The highest BCUT2D eigenvalue weighted by molar-refractivity contribution is 7.80. The molecule has 0 aliphatic rings. The van der Waals surface area contributed by atoms with Crippen molar-refractivity contribution in [1.82, 2.24) is 0 Å². The molecule has 0 heterocycles. The van der Waals surface area contributed by atoms with Crippen LogP contribution < -0.4 is 16.5 Å². The first kappa shape index (κ1) is 9.98. The Hall–Kier alpha value is -1.11. The molecule has 68 valence electrons. The Bertz CT molecular complexity index is 319. The molecule has 1 rings (SSSR count). The number of nitrogens with two attached hydrogens (primary N) is 1. The van der Waals surface area contributed by atoms with Crippen molar-refractivity contribution in [3.63, 3.8) is 0 Å². The SMILES string of the molecule is NC(=S)Nc1cccc(B(O)O)c1. The van der Waals surface area contributed by atoms with E-state index >= 15 is 0 Å². The molecule has 5 N–H and O–H groups in total. The van der Waals surface area contributed by atoms with Crippen molar-refractivity contribution in [3.05, 3.63) is 24.3 Å². The summed E-state index contributed by atoms with van der Waals surface area (Å²) in [7, 11) is -1.48. The van der Waals surface area contributed by atoms with Crippen molar-refractivity contribution in [2.24, 2.45) is 5.73 Å². The molecular weight excluding hydrogens is 187 g/mol. The van der Waals surface area contributed by atoms with Crippen LogP contribution in [0.1, 0.15) is 0 Å². The van der Waals surface area contributed by atoms with Crippen molar-refractivity contribution in [3.8, 4) is 0 Å². The minimum Gasteiger partial charge on any atom is -0.423 e. The summed E-state index contributed by atoms with van der Waals surface area (Å²) >= 11 is 4.63. The standard InChI is InChI=1S/C7H9BN2O2S/c9-7(13)10-6-3-1-2-5(4-6)8(11)12/h1-4,11-12H,(H3,9,10,13). The van der Waals surface area contributed by atoms with E-state index in [2.05, 4.69) is 17.5 Å². The van der Waals surface area contributed by atoms with Gasteiger partial charge in [-0.15, -0.1) is 0 Å². The Morgan fingerprint density at radius 3 is 2.69 bits per heavy atom. The quantitative estimate of drug-likeness (QED) is 0.361. The van der Waals surface area contributed by atoms with Gasteiger partial charge in [-0.3, -0.25) is 0 Å². The topological polar surface area (TPSA) is 78.5 Å². The summed E-state index contributed by atoms with van der Waals surface area (Å²) in [5.74, 6) is 0. The van der Waals surface area contributed by atoms with Crippen molar-refractivity contribution in [2.45, 2.75) is 0 Å². The van der Waals surface area contributed by atoms with Crippen LogP contribution in [0.15, 0.2) is 24.3 Å². The number of nitrogens with one attached hydrogen (secondary N) is 1. The zero-order valence-corrected chi connectivity index (χ0v) is 7.58. The number of thiocarbonyl (C=S) groups is 1. The van der Waals surface area contributed by atoms with Crippen LogP contribution >= 0.6 is 12.2 Å². The van der Waals surface area contributed by atoms with Gasteiger partial charge in [-0.25, -0.2) is 0 Å². The highest BCUT2D eigenvalue weighted by Crippen LogP contribution is 2.02. The van der Waals surface area contributed by atoms with Gasteiger partial charge in [0.25, 0.3) is 0 Å². The number of anilines is 1. The normalized spacial score (nSPS) is 9.38. The smallest absolute Gasteiger partial charge is 0.423 e. The van der Waals surface area contributed by atoms with Gasteiger partial charge < -0.3 is 21.1 Å². The monoisotopic (exact) mass is 196 g/mol. The van der Waals surface area contributed by atoms with Crippen molar-refractivity contribution in [1.29, 1.82) is 0 Å². The summed E-state index contributed by atoms with van der Waals surface area (Å²) in [5, 5.41) is 20.5. The summed E-state index contributed by atoms with van der Waals surface area (Å²) in [6.45, 7) is 0. The minimum atomic E-state index is -1.48. The van der Waals surface area contributed by atoms with Crippen molar-refractivity contribution < 1.29 is 10.0 Å². The first-order chi connectivity index (χ1) is 6.09. The lowest BCUT2D eigenvalue weighted by molar-refractivity contribution is 0.426. The van der Waals surface area contributed by atoms with E-state index in [-0.39, 0.29) is 5.11 Å². The second-order valence-electron chi connectivity index (χ2n) is 2.49. The number of hydrogen-bond acceptors (Lipinski definition) is 3. The van der Waals surface area contributed by atoms with Gasteiger partial charge in [-0.05, 0) is 29.8 Å². The third-order valence-corrected chi connectivity index (χ3v) is 1.55. The fourth-order valence-electron chi connectivity index (χ4n) is 0.919. The molecule has 1 aromatic carbocycles. The van der Waals surface area contributed by atoms with E-state index in [1.807, 2.05) is 0 Å². The van der Waals surface area contributed by atoms with E-state index in [1.54, 1.807) is 24.3 Å². The highest BCUT2D eigenvalue weighted by Gasteiger charge is 2.10. The Morgan fingerprint density at radius 2 is 2.15 bits per heavy atom. The Kier molecular flexibility index (Phi) is 3.24. The van der Waals surface area contributed by atoms with Crippen molar-refractivity contribution >= 4 is 35.6 Å². The summed E-state index contributed by atoms with van der Waals surface area (Å²) < 4.78 is 0. The molecule has 0 fully saturated rings. The second kappa shape index (κ2) is 4.22. The molecule has 4 nitrogen and oxygen atoms in total. The average Bonchev–Trinajstić information content (AvgIpc) is 2.03. The second-order valence-corrected chi connectivity index (χ2v) is 2.93. The van der Waals surface area contributed by atoms with E-state index in [0.717, 1.165) is 0 Å². The van der Waals surface area contributed by atoms with Crippen LogP contribution in [0.4, 0.5) is 5.69 Å². The Balaban J connectivity index is 2.85. The molecule has 0 atom stereocenters. The number of rotatable bonds is 2. The van der Waals surface area contributed by atoms with Gasteiger partial charge >= 0.3 is 7.12 Å². The lowest BCUT2D eigenvalue weighted by Crippen LogP contribution is -2.30. The van der Waals surface area contributed by atoms with Crippen LogP contribution in [-0.2, 0) is 0 Å². The fourth-order valence-corrected chi connectivity index (χ4v) is 1.04. The van der Waals surface area contributed by atoms with Gasteiger partial charge in [-0.1, -0.05) is 12.1 Å². The molecule has 0 saturated carbocycles. The van der Waals surface area contributed by atoms with E-state index in [9.17, 15) is 0 Å². The van der Waals surface area contributed by atoms with Gasteiger partial charge in [0, 0.05) is 5.69 Å². The first-order valence-corrected chi connectivity index (χ1v) is 4.03. The summed E-state index contributed by atoms with van der Waals surface area (Å²) in [6, 6.07) is 6.56. The van der Waals surface area contributed by atoms with E-state index in [4.69, 9.17) is 15.8 Å². The number of hydrogen-bond donors (Lipinski definition) is 4. The van der Waals surface area contributed by atoms with Gasteiger partial charge in [0.15, 0.2) is 5.11 Å². The van der Waals surface area contributed by atoms with Crippen LogP contribution in [0, 0.1) is 0 Å². The third kappa shape index (κ3) is 3.02. The third-order valence-electron chi connectivity index (χ3n) is 1.45. The molecule has 6 heteroatoms. The Morgan fingerprint density at radius 1 is 1.46 bits per heavy atom. The van der Waals surface area contributed by atoms with Crippen LogP contribution in [-0.4, -0.2) is 22.3 Å². The molecule has 0 amide bonds. The van der Waals surface area contributed by atoms with E-state index in [0.29, 0.717) is 11.2 Å². The molecule has 13 heavy (non-hydrogen) atoms. The van der Waals surface area contributed by atoms with Crippen molar-refractivity contribution in [2.75, 3.05) is 5.32 Å². The molecule has 0 aliphatic carbocycles. The lowest BCUT2D eigenvalue weighted by atomic mass is 9.80. The molecule has 0 bridgehead atoms. The van der Waals surface area contributed by atoms with Gasteiger partial charge in [0.05, 0.1) is 0 Å². The van der Waals surface area contributed by atoms with Crippen LogP contribution in [0.5, 0.6) is 0 Å². The van der Waals surface area contributed by atoms with Crippen LogP contribution in [0.3, 0.4) is 0 Å². The summed E-state index contributed by atoms with van der Waals surface area (Å²) in [4.78, 5) is 0. The molecule has 0 spiro atoms. The maximum Gasteiger partial charge on any atom is 0.488 e. The maximum absolute atomic E-state index is 8.85. The predicted molar refractivity (Wildman–Crippen MR) is 56.7 cm³/mol. The molecular formula is C7H9BN2O2S. The zero-order chi connectivity index (χ0) is 9.84. The largest absolute Gasteiger partial charge is 0.488 e. The summed E-state index contributed by atoms with van der Waals surface area (Å²) in [6.07, 6.45) is 0. The van der Waals surface area contributed by atoms with Gasteiger partial charge in [0.1, 0.15) is 0 Å². The fraction of sp³-hybridized carbons (Fsp3) is 0. The van der Waals surface area contributed by atoms with Crippen LogP contribution in [0.25, 0.3) is 0 Å². The average molecular weight is 196 g/mol. The highest BCUT2D eigenvalue weighted by atomic mass is 32.1. The molecule has 0 aliphatic heterocycles. The minimum absolute atomic E-state index is 0.143. The molecule has 0 radical (unpaired) electrons. The first-order valence-electron chi connectivity index (χ1n) is 3.62. The van der Waals surface area contributed by atoms with Gasteiger partial charge in [-0.2, -0.15) is 0 Å². The van der Waals surface area contributed by atoms with Gasteiger partial charge in [0.2, 0.25) is 0 Å². The Labute approximate surface area is 81.5 Å².